The van der Waals surface area contributed by atoms with Crippen molar-refractivity contribution < 1.29 is 14.3 Å². The molecule has 1 aromatic heterocycles. The van der Waals surface area contributed by atoms with Gasteiger partial charge in [-0.25, -0.2) is 4.98 Å². The number of esters is 1. The van der Waals surface area contributed by atoms with Crippen LogP contribution in [-0.4, -0.2) is 42.1 Å². The standard InChI is InChI=1S/C26H29ClN2O3/c1-3-31-26(30)23(27)16-19-10-12-21(13-11-19)32-17-20-7-6-14-29(20)25-15-18(2)22-8-4-5-9-24(22)28-25/h4-5,8-13,15,20,23H,3,6-7,14,16-17H2,1-2H3/t20-,23?/m0/s1. The molecule has 6 heteroatoms. The van der Waals surface area contributed by atoms with Gasteiger partial charge in [0.25, 0.3) is 0 Å². The van der Waals surface area contributed by atoms with Crippen molar-refractivity contribution in [2.24, 2.45) is 0 Å². The van der Waals surface area contributed by atoms with Crippen molar-refractivity contribution in [1.29, 1.82) is 0 Å². The molecule has 3 aromatic rings. The molecule has 0 N–H and O–H groups in total. The molecule has 32 heavy (non-hydrogen) atoms. The van der Waals surface area contributed by atoms with Gasteiger partial charge in [0.05, 0.1) is 18.2 Å². The van der Waals surface area contributed by atoms with Crippen LogP contribution in [-0.2, 0) is 16.0 Å². The Hall–Kier alpha value is -2.79. The fraction of sp³-hybridized carbons (Fsp3) is 0.385. The Bertz CT molecular complexity index is 1070. The second-order valence-electron chi connectivity index (χ2n) is 8.18. The first-order chi connectivity index (χ1) is 15.5. The summed E-state index contributed by atoms with van der Waals surface area (Å²) in [5, 5.41) is 0.525. The molecular formula is C26H29ClN2O3. The lowest BCUT2D eigenvalue weighted by atomic mass is 10.1. The number of fused-ring (bicyclic) bond motifs is 1. The fourth-order valence-corrected chi connectivity index (χ4v) is 4.47. The van der Waals surface area contributed by atoms with Crippen LogP contribution in [0.2, 0.25) is 0 Å². The molecule has 5 nitrogen and oxygen atoms in total. The van der Waals surface area contributed by atoms with E-state index in [0.717, 1.165) is 42.0 Å². The number of anilines is 1. The van der Waals surface area contributed by atoms with Crippen LogP contribution in [0.5, 0.6) is 5.75 Å². The van der Waals surface area contributed by atoms with E-state index in [-0.39, 0.29) is 5.97 Å². The molecule has 1 saturated heterocycles. The molecule has 1 fully saturated rings. The Balaban J connectivity index is 1.38. The molecule has 168 valence electrons. The SMILES string of the molecule is CCOC(=O)C(Cl)Cc1ccc(OC[C@@H]2CCCN2c2cc(C)c3ccccc3n2)cc1. The van der Waals surface area contributed by atoms with Crippen LogP contribution in [0.3, 0.4) is 0 Å². The molecule has 0 bridgehead atoms. The Labute approximate surface area is 194 Å². The van der Waals surface area contributed by atoms with Crippen molar-refractivity contribution in [1.82, 2.24) is 4.98 Å². The predicted octanol–water partition coefficient (Wildman–Crippen LogP) is 5.30. The number of para-hydroxylation sites is 1. The van der Waals surface area contributed by atoms with Crippen LogP contribution in [0.4, 0.5) is 5.82 Å². The lowest BCUT2D eigenvalue weighted by Crippen LogP contribution is -2.34. The number of pyridine rings is 1. The van der Waals surface area contributed by atoms with Crippen LogP contribution in [0.1, 0.15) is 30.9 Å². The zero-order chi connectivity index (χ0) is 22.5. The molecule has 1 aliphatic rings. The second-order valence-corrected chi connectivity index (χ2v) is 8.71. The minimum atomic E-state index is -0.674. The maximum absolute atomic E-state index is 11.7. The van der Waals surface area contributed by atoms with E-state index in [9.17, 15) is 4.79 Å². The van der Waals surface area contributed by atoms with E-state index in [1.54, 1.807) is 6.92 Å². The maximum Gasteiger partial charge on any atom is 0.324 e. The Kier molecular flexibility index (Phi) is 7.15. The molecule has 4 rings (SSSR count). The highest BCUT2D eigenvalue weighted by Crippen LogP contribution is 2.28. The number of hydrogen-bond donors (Lipinski definition) is 0. The molecule has 0 aliphatic carbocycles. The maximum atomic E-state index is 11.7. The number of ether oxygens (including phenoxy) is 2. The summed E-state index contributed by atoms with van der Waals surface area (Å²) in [6.07, 6.45) is 2.65. The molecule has 2 heterocycles. The minimum Gasteiger partial charge on any atom is -0.491 e. The number of hydrogen-bond acceptors (Lipinski definition) is 5. The third-order valence-corrected chi connectivity index (χ3v) is 6.24. The number of rotatable bonds is 8. The normalized spacial score (nSPS) is 16.8. The topological polar surface area (TPSA) is 51.7 Å². The summed E-state index contributed by atoms with van der Waals surface area (Å²) in [6.45, 7) is 5.85. The average Bonchev–Trinajstić information content (AvgIpc) is 3.27. The van der Waals surface area contributed by atoms with E-state index >= 15 is 0 Å². The van der Waals surface area contributed by atoms with Crippen LogP contribution in [0.15, 0.2) is 54.6 Å². The van der Waals surface area contributed by atoms with Gasteiger partial charge in [-0.1, -0.05) is 30.3 Å². The Morgan fingerprint density at radius 1 is 1.22 bits per heavy atom. The van der Waals surface area contributed by atoms with Gasteiger partial charge in [-0.15, -0.1) is 11.6 Å². The first kappa shape index (κ1) is 22.4. The lowest BCUT2D eigenvalue weighted by Gasteiger charge is -2.26. The average molecular weight is 453 g/mol. The number of aryl methyl sites for hydroxylation is 1. The van der Waals surface area contributed by atoms with Gasteiger partial charge in [-0.2, -0.15) is 0 Å². The monoisotopic (exact) mass is 452 g/mol. The van der Waals surface area contributed by atoms with E-state index in [2.05, 4.69) is 36.1 Å². The highest BCUT2D eigenvalue weighted by molar-refractivity contribution is 6.30. The minimum absolute atomic E-state index is 0.291. The summed E-state index contributed by atoms with van der Waals surface area (Å²) in [5.41, 5.74) is 3.25. The fourth-order valence-electron chi connectivity index (χ4n) is 4.23. The van der Waals surface area contributed by atoms with Crippen molar-refractivity contribution in [2.45, 2.75) is 44.5 Å². The van der Waals surface area contributed by atoms with Gasteiger partial charge >= 0.3 is 5.97 Å². The number of alkyl halides is 1. The van der Waals surface area contributed by atoms with Gasteiger partial charge in [0.1, 0.15) is 23.6 Å². The van der Waals surface area contributed by atoms with Crippen molar-refractivity contribution >= 4 is 34.3 Å². The van der Waals surface area contributed by atoms with Gasteiger partial charge in [0, 0.05) is 11.9 Å². The van der Waals surface area contributed by atoms with Crippen LogP contribution < -0.4 is 9.64 Å². The van der Waals surface area contributed by atoms with E-state index in [1.165, 1.54) is 10.9 Å². The number of halogens is 1. The molecule has 1 unspecified atom stereocenters. The summed E-state index contributed by atoms with van der Waals surface area (Å²) in [4.78, 5) is 19.0. The molecule has 2 atom stereocenters. The number of carbonyl (C=O) groups is 1. The summed E-state index contributed by atoms with van der Waals surface area (Å²) in [7, 11) is 0. The number of benzene rings is 2. The van der Waals surface area contributed by atoms with Gasteiger partial charge in [0.2, 0.25) is 0 Å². The summed E-state index contributed by atoms with van der Waals surface area (Å²) in [5.74, 6) is 1.45. The van der Waals surface area contributed by atoms with Crippen molar-refractivity contribution in [3.63, 3.8) is 0 Å². The summed E-state index contributed by atoms with van der Waals surface area (Å²) >= 11 is 6.14. The van der Waals surface area contributed by atoms with E-state index < -0.39 is 5.38 Å². The van der Waals surface area contributed by atoms with E-state index in [0.29, 0.717) is 25.7 Å². The van der Waals surface area contributed by atoms with Crippen molar-refractivity contribution in [3.05, 3.63) is 65.7 Å². The van der Waals surface area contributed by atoms with Crippen LogP contribution >= 0.6 is 11.6 Å². The Morgan fingerprint density at radius 2 is 2.00 bits per heavy atom. The van der Waals surface area contributed by atoms with Crippen LogP contribution in [0.25, 0.3) is 10.9 Å². The van der Waals surface area contributed by atoms with Crippen molar-refractivity contribution in [3.8, 4) is 5.75 Å². The largest absolute Gasteiger partial charge is 0.491 e. The van der Waals surface area contributed by atoms with E-state index in [1.807, 2.05) is 30.3 Å². The molecule has 0 spiro atoms. The first-order valence-electron chi connectivity index (χ1n) is 11.2. The third-order valence-electron chi connectivity index (χ3n) is 5.90. The van der Waals surface area contributed by atoms with Crippen molar-refractivity contribution in [2.75, 3.05) is 24.7 Å². The number of carbonyl (C=O) groups excluding carboxylic acids is 1. The predicted molar refractivity (Wildman–Crippen MR) is 129 cm³/mol. The van der Waals surface area contributed by atoms with E-state index in [4.69, 9.17) is 26.1 Å². The lowest BCUT2D eigenvalue weighted by molar-refractivity contribution is -0.142. The third kappa shape index (κ3) is 5.16. The zero-order valence-electron chi connectivity index (χ0n) is 18.6. The molecule has 0 amide bonds. The summed E-state index contributed by atoms with van der Waals surface area (Å²) in [6, 6.07) is 18.5. The molecular weight excluding hydrogens is 424 g/mol. The smallest absolute Gasteiger partial charge is 0.324 e. The Morgan fingerprint density at radius 3 is 2.78 bits per heavy atom. The molecule has 0 saturated carbocycles. The number of nitrogens with zero attached hydrogens (tertiary/aromatic N) is 2. The van der Waals surface area contributed by atoms with Gasteiger partial charge in [0.15, 0.2) is 0 Å². The highest BCUT2D eigenvalue weighted by Gasteiger charge is 2.27. The molecule has 2 aromatic carbocycles. The quantitative estimate of drug-likeness (QED) is 0.342. The zero-order valence-corrected chi connectivity index (χ0v) is 19.3. The molecule has 1 aliphatic heterocycles. The van der Waals surface area contributed by atoms with Gasteiger partial charge < -0.3 is 14.4 Å². The highest BCUT2D eigenvalue weighted by atomic mass is 35.5. The first-order valence-corrected chi connectivity index (χ1v) is 11.6. The van der Waals surface area contributed by atoms with Crippen LogP contribution in [0, 0.1) is 6.92 Å². The number of aromatic nitrogens is 1. The summed E-state index contributed by atoms with van der Waals surface area (Å²) < 4.78 is 11.1. The van der Waals surface area contributed by atoms with Gasteiger partial charge in [-0.3, -0.25) is 4.79 Å². The molecule has 0 radical (unpaired) electrons. The van der Waals surface area contributed by atoms with Gasteiger partial charge in [-0.05, 0) is 68.5 Å². The second kappa shape index (κ2) is 10.2.